The van der Waals surface area contributed by atoms with Gasteiger partial charge in [0.1, 0.15) is 0 Å². The van der Waals surface area contributed by atoms with E-state index in [2.05, 4.69) is 19.2 Å². The molecule has 0 saturated carbocycles. The molecule has 1 N–H and O–H groups in total. The third kappa shape index (κ3) is 27.1. The van der Waals surface area contributed by atoms with Gasteiger partial charge in [-0.05, 0) is 7.05 Å². The minimum atomic E-state index is 0. The smallest absolute Gasteiger partial charge is 0 e. The first-order chi connectivity index (χ1) is 3.27. The molecule has 0 unspecified atom stereocenters. The molecule has 0 aliphatic rings. The Morgan fingerprint density at radius 3 is 1.50 bits per heavy atom. The molecule has 0 rings (SSSR count). The monoisotopic (exact) mass is 378 g/mol. The van der Waals surface area contributed by atoms with E-state index >= 15 is 0 Å². The van der Waals surface area contributed by atoms with Gasteiger partial charge in [0.25, 0.3) is 0 Å². The maximum absolute atomic E-state index is 6.81. The van der Waals surface area contributed by atoms with Crippen molar-refractivity contribution >= 4 is 0 Å². The van der Waals surface area contributed by atoms with Gasteiger partial charge in [0.05, 0.1) is 0 Å². The average molecular weight is 379 g/mol. The Balaban J connectivity index is -0.0000000750. The molecule has 0 radical (unpaired) electrons. The van der Waals surface area contributed by atoms with Crippen LogP contribution < -0.4 is 5.32 Å². The van der Waals surface area contributed by atoms with Gasteiger partial charge in [-0.25, -0.2) is 0 Å². The van der Waals surface area contributed by atoms with Crippen molar-refractivity contribution in [2.75, 3.05) is 7.05 Å². The molecule has 0 saturated heterocycles. The van der Waals surface area contributed by atoms with Gasteiger partial charge in [-0.3, -0.25) is 0 Å². The van der Waals surface area contributed by atoms with Crippen molar-refractivity contribution in [1.29, 1.82) is 0 Å². The molecule has 0 aliphatic carbocycles. The molecule has 0 amide bonds. The van der Waals surface area contributed by atoms with Crippen LogP contribution in [0.4, 0.5) is 0 Å². The Morgan fingerprint density at radius 1 is 1.38 bits per heavy atom. The van der Waals surface area contributed by atoms with E-state index in [0.717, 1.165) is 0 Å². The molecule has 2 nitrogen and oxygen atoms in total. The summed E-state index contributed by atoms with van der Waals surface area (Å²) in [5, 5.41) is 3.03. The summed E-state index contributed by atoms with van der Waals surface area (Å²) >= 11 is 1.95. The zero-order valence-corrected chi connectivity index (χ0v) is 9.65. The fourth-order valence-corrected chi connectivity index (χ4v) is 0. The molecular weight excluding hydrogens is 368 g/mol. The summed E-state index contributed by atoms with van der Waals surface area (Å²) in [5.41, 5.74) is 0. The first-order valence-electron chi connectivity index (χ1n) is 2.08. The van der Waals surface area contributed by atoms with Crippen molar-refractivity contribution in [1.82, 2.24) is 5.32 Å². The number of nitrogens with one attached hydrogen (secondary N) is 1. The predicted octanol–water partition coefficient (Wildman–Crippen LogP) is 0.898. The summed E-state index contributed by atoms with van der Waals surface area (Å²) in [6.07, 6.45) is 0. The largest absolute Gasteiger partial charge is 0 e. The average Bonchev–Trinajstić information content (AvgIpc) is 1.73. The Labute approximate surface area is 77.7 Å². The summed E-state index contributed by atoms with van der Waals surface area (Å²) in [6.45, 7) is 4.22. The van der Waals surface area contributed by atoms with Gasteiger partial charge in [-0.2, -0.15) is 0 Å². The molecule has 0 aromatic heterocycles. The van der Waals surface area contributed by atoms with Gasteiger partial charge < -0.3 is 5.32 Å². The van der Waals surface area contributed by atoms with Crippen LogP contribution in [-0.2, 0) is 42.0 Å². The fraction of sp³-hybridized carbons (Fsp3) is 1.00. The summed E-state index contributed by atoms with van der Waals surface area (Å²) in [6, 6.07) is 0.634. The molecule has 0 heterocycles. The van der Waals surface area contributed by atoms with Crippen molar-refractivity contribution in [3.05, 3.63) is 3.76 Å². The Bertz CT molecular complexity index is 35.2. The molecule has 0 bridgehead atoms. The van der Waals surface area contributed by atoms with Crippen molar-refractivity contribution in [2.24, 2.45) is 0 Å². The van der Waals surface area contributed by atoms with Crippen molar-refractivity contribution < 1.29 is 42.0 Å². The van der Waals surface area contributed by atoms with Crippen LogP contribution in [0.25, 0.3) is 3.76 Å². The second-order valence-corrected chi connectivity index (χ2v) is 1.44. The van der Waals surface area contributed by atoms with E-state index < -0.39 is 0 Å². The van der Waals surface area contributed by atoms with E-state index in [-0.39, 0.29) is 21.1 Å². The minimum Gasteiger partial charge on any atom is 0 e. The van der Waals surface area contributed by atoms with Gasteiger partial charge >= 0.3 is 24.6 Å². The van der Waals surface area contributed by atoms with E-state index in [0.29, 0.717) is 6.04 Å². The quantitative estimate of drug-likeness (QED) is 0.676. The number of hydrogen-bond donors (Lipinski definition) is 1. The number of rotatable bonds is 1. The van der Waals surface area contributed by atoms with Crippen molar-refractivity contribution in [2.45, 2.75) is 19.9 Å². The van der Waals surface area contributed by atoms with Crippen LogP contribution in [0, 0.1) is 0 Å². The van der Waals surface area contributed by atoms with E-state index in [1.807, 2.05) is 27.9 Å². The molecule has 4 heteroatoms. The summed E-state index contributed by atoms with van der Waals surface area (Å²) in [7, 11) is 1.95. The topological polar surface area (TPSA) is 34.3 Å². The molecule has 0 spiro atoms. The van der Waals surface area contributed by atoms with Crippen molar-refractivity contribution in [3.8, 4) is 0 Å². The van der Waals surface area contributed by atoms with Gasteiger partial charge in [-0.15, -0.1) is 0 Å². The summed E-state index contributed by atoms with van der Waals surface area (Å²) in [4.78, 5) is 0. The molecule has 0 fully saturated rings. The fourth-order valence-electron chi connectivity index (χ4n) is 0. The molecule has 0 atom stereocenters. The summed E-state index contributed by atoms with van der Waals surface area (Å²) < 4.78 is 6.81. The van der Waals surface area contributed by atoms with Crippen LogP contribution in [-0.4, -0.2) is 13.1 Å². The Kier molecular flexibility index (Phi) is 31.6. The molecular formula is C4H11AgN2W-. The molecule has 0 aromatic carbocycles. The number of hydrogen-bond acceptors (Lipinski definition) is 1. The Morgan fingerprint density at radius 2 is 1.50 bits per heavy atom. The minimum absolute atomic E-state index is 0. The van der Waals surface area contributed by atoms with Crippen LogP contribution in [0.2, 0.25) is 0 Å². The van der Waals surface area contributed by atoms with E-state index in [4.69, 9.17) is 3.76 Å². The van der Waals surface area contributed by atoms with Crippen LogP contribution in [0.3, 0.4) is 0 Å². The molecule has 8 heavy (non-hydrogen) atoms. The normalized spacial score (nSPS) is 6.75. The third-order valence-electron chi connectivity index (χ3n) is 0.577. The van der Waals surface area contributed by atoms with Gasteiger partial charge in [-0.1, -0.05) is 13.8 Å². The zero-order chi connectivity index (χ0) is 6.28. The van der Waals surface area contributed by atoms with Crippen LogP contribution in [0.5, 0.6) is 0 Å². The zero-order valence-electron chi connectivity index (χ0n) is 5.23. The predicted molar refractivity (Wildman–Crippen MR) is 27.6 cm³/mol. The van der Waals surface area contributed by atoms with Gasteiger partial charge in [0.2, 0.25) is 0 Å². The Hall–Kier alpha value is 1.19. The molecule has 0 aromatic rings. The van der Waals surface area contributed by atoms with E-state index in [1.165, 1.54) is 0 Å². The maximum atomic E-state index is 6.81. The first-order valence-corrected chi connectivity index (χ1v) is 2.74. The molecule has 55 valence electrons. The van der Waals surface area contributed by atoms with Gasteiger partial charge in [0, 0.05) is 27.1 Å². The second-order valence-electron chi connectivity index (χ2n) is 1.44. The van der Waals surface area contributed by atoms with Crippen LogP contribution >= 0.6 is 0 Å². The maximum Gasteiger partial charge on any atom is 0 e. The SMILES string of the molecule is CNC(C)C.[N-]=[Ag].[W]. The van der Waals surface area contributed by atoms with E-state index in [9.17, 15) is 0 Å². The van der Waals surface area contributed by atoms with E-state index in [1.54, 1.807) is 0 Å². The van der Waals surface area contributed by atoms with Crippen LogP contribution in [0.15, 0.2) is 0 Å². The number of nitrogens with zero attached hydrogens (tertiary/aromatic N) is 1. The van der Waals surface area contributed by atoms with Gasteiger partial charge in [0.15, 0.2) is 0 Å². The molecule has 0 aliphatic heterocycles. The summed E-state index contributed by atoms with van der Waals surface area (Å²) in [5.74, 6) is 0. The van der Waals surface area contributed by atoms with Crippen LogP contribution in [0.1, 0.15) is 13.8 Å². The first kappa shape index (κ1) is 16.1. The second kappa shape index (κ2) is 15.7. The standard InChI is InChI=1S/C4H11N.Ag.N.W/c1-4(2)5-3;;;/h4-5H,1-3H3;;;/q;;-1;. The van der Waals surface area contributed by atoms with Crippen molar-refractivity contribution in [3.63, 3.8) is 0 Å². The third-order valence-corrected chi connectivity index (χ3v) is 0.577.